The summed E-state index contributed by atoms with van der Waals surface area (Å²) in [5.41, 5.74) is 3.18. The summed E-state index contributed by atoms with van der Waals surface area (Å²) in [6.45, 7) is 4.43. The molecule has 1 amide bonds. The number of methoxy groups -OCH3 is 1. The van der Waals surface area contributed by atoms with Crippen LogP contribution < -0.4 is 10.3 Å². The number of pyridine rings is 1. The van der Waals surface area contributed by atoms with E-state index in [1.54, 1.807) is 12.0 Å². The molecule has 2 aromatic carbocycles. The normalized spacial score (nSPS) is 10.8. The molecule has 0 aliphatic heterocycles. The lowest BCUT2D eigenvalue weighted by Gasteiger charge is -2.23. The van der Waals surface area contributed by atoms with Crippen molar-refractivity contribution in [2.24, 2.45) is 0 Å². The van der Waals surface area contributed by atoms with Crippen LogP contribution in [0.5, 0.6) is 5.75 Å². The van der Waals surface area contributed by atoms with E-state index in [-0.39, 0.29) is 18.0 Å². The van der Waals surface area contributed by atoms with E-state index in [0.29, 0.717) is 18.5 Å². The van der Waals surface area contributed by atoms with Gasteiger partial charge >= 0.3 is 0 Å². The Kier molecular flexibility index (Phi) is 5.60. The van der Waals surface area contributed by atoms with Crippen LogP contribution in [-0.4, -0.2) is 22.9 Å². The molecule has 0 fully saturated rings. The third kappa shape index (κ3) is 4.03. The van der Waals surface area contributed by atoms with Gasteiger partial charge < -0.3 is 14.6 Å². The second-order valence-electron chi connectivity index (χ2n) is 6.58. The summed E-state index contributed by atoms with van der Waals surface area (Å²) in [5.74, 6) is 0.721. The molecule has 1 heterocycles. The predicted molar refractivity (Wildman–Crippen MR) is 107 cm³/mol. The fourth-order valence-corrected chi connectivity index (χ4v) is 3.25. The van der Waals surface area contributed by atoms with Crippen LogP contribution >= 0.6 is 0 Å². The first kappa shape index (κ1) is 18.7. The largest absolute Gasteiger partial charge is 0.496 e. The minimum Gasteiger partial charge on any atom is -0.496 e. The van der Waals surface area contributed by atoms with E-state index in [1.807, 2.05) is 62.4 Å². The number of fused-ring (bicyclic) bond motifs is 1. The van der Waals surface area contributed by atoms with Gasteiger partial charge in [0.15, 0.2) is 0 Å². The highest BCUT2D eigenvalue weighted by Crippen LogP contribution is 2.21. The number of carbonyl (C=O) groups excluding carboxylic acids is 1. The lowest BCUT2D eigenvalue weighted by Crippen LogP contribution is -2.32. The molecule has 3 rings (SSSR count). The van der Waals surface area contributed by atoms with Gasteiger partial charge in [0.1, 0.15) is 5.75 Å². The molecule has 0 aliphatic rings. The first-order valence-corrected chi connectivity index (χ1v) is 9.04. The predicted octanol–water partition coefficient (Wildman–Crippen LogP) is 3.78. The van der Waals surface area contributed by atoms with Crippen LogP contribution in [-0.2, 0) is 17.9 Å². The molecule has 0 saturated carbocycles. The van der Waals surface area contributed by atoms with E-state index < -0.39 is 0 Å². The van der Waals surface area contributed by atoms with Gasteiger partial charge in [-0.2, -0.15) is 0 Å². The average Bonchev–Trinajstić information content (AvgIpc) is 2.68. The van der Waals surface area contributed by atoms with Crippen molar-refractivity contribution in [2.75, 3.05) is 7.11 Å². The quantitative estimate of drug-likeness (QED) is 0.724. The maximum Gasteiger partial charge on any atom is 0.253 e. The summed E-state index contributed by atoms with van der Waals surface area (Å²) >= 11 is 0. The number of rotatable bonds is 6. The van der Waals surface area contributed by atoms with Crippen molar-refractivity contribution in [3.63, 3.8) is 0 Å². The summed E-state index contributed by atoms with van der Waals surface area (Å²) in [4.78, 5) is 29.8. The van der Waals surface area contributed by atoms with Crippen LogP contribution in [0.2, 0.25) is 0 Å². The standard InChI is InChI=1S/C22H24N2O3/c1-4-20(25)24(13-17-9-5-6-11-19(17)27-3)14-18-12-16-10-7-8-15(2)21(16)23-22(18)26/h5-12H,4,13-14H2,1-3H3,(H,23,26). The van der Waals surface area contributed by atoms with Gasteiger partial charge in [0, 0.05) is 24.1 Å². The first-order chi connectivity index (χ1) is 13.0. The Labute approximate surface area is 158 Å². The zero-order valence-corrected chi connectivity index (χ0v) is 15.9. The molecule has 5 nitrogen and oxygen atoms in total. The molecule has 27 heavy (non-hydrogen) atoms. The number of ether oxygens (including phenoxy) is 1. The number of benzene rings is 2. The smallest absolute Gasteiger partial charge is 0.253 e. The molecule has 0 saturated heterocycles. The maximum atomic E-state index is 12.6. The van der Waals surface area contributed by atoms with Crippen LogP contribution in [0.25, 0.3) is 10.9 Å². The zero-order chi connectivity index (χ0) is 19.4. The van der Waals surface area contributed by atoms with Gasteiger partial charge in [-0.3, -0.25) is 9.59 Å². The fraction of sp³-hybridized carbons (Fsp3) is 0.273. The number of amides is 1. The van der Waals surface area contributed by atoms with Crippen LogP contribution in [0.4, 0.5) is 0 Å². The van der Waals surface area contributed by atoms with Crippen molar-refractivity contribution in [1.29, 1.82) is 0 Å². The molecule has 0 radical (unpaired) electrons. The molecule has 3 aromatic rings. The van der Waals surface area contributed by atoms with Crippen molar-refractivity contribution in [2.45, 2.75) is 33.4 Å². The van der Waals surface area contributed by atoms with Crippen LogP contribution in [0.1, 0.15) is 30.0 Å². The molecule has 0 atom stereocenters. The summed E-state index contributed by atoms with van der Waals surface area (Å²) < 4.78 is 5.40. The first-order valence-electron chi connectivity index (χ1n) is 9.04. The molecular weight excluding hydrogens is 340 g/mol. The van der Waals surface area contributed by atoms with Crippen molar-refractivity contribution in [3.8, 4) is 5.75 Å². The molecule has 0 bridgehead atoms. The molecule has 0 unspecified atom stereocenters. The zero-order valence-electron chi connectivity index (χ0n) is 15.9. The minimum absolute atomic E-state index is 0.00959. The van der Waals surface area contributed by atoms with Crippen LogP contribution in [0.15, 0.2) is 53.3 Å². The second kappa shape index (κ2) is 8.08. The van der Waals surface area contributed by atoms with Crippen molar-refractivity contribution in [3.05, 3.63) is 75.6 Å². The lowest BCUT2D eigenvalue weighted by molar-refractivity contribution is -0.132. The molecule has 0 spiro atoms. The van der Waals surface area contributed by atoms with Gasteiger partial charge in [0.2, 0.25) is 5.91 Å². The molecule has 5 heteroatoms. The van der Waals surface area contributed by atoms with Gasteiger partial charge in [-0.25, -0.2) is 0 Å². The fourth-order valence-electron chi connectivity index (χ4n) is 3.25. The summed E-state index contributed by atoms with van der Waals surface area (Å²) in [6.07, 6.45) is 0.375. The Hall–Kier alpha value is -3.08. The summed E-state index contributed by atoms with van der Waals surface area (Å²) in [5, 5.41) is 0.964. The SMILES string of the molecule is CCC(=O)N(Cc1ccccc1OC)Cc1cc2cccc(C)c2[nH]c1=O. The van der Waals surface area contributed by atoms with Crippen LogP contribution in [0.3, 0.4) is 0 Å². The third-order valence-electron chi connectivity index (χ3n) is 4.74. The minimum atomic E-state index is -0.161. The molecule has 0 aliphatic carbocycles. The Morgan fingerprint density at radius 2 is 1.81 bits per heavy atom. The number of aromatic nitrogens is 1. The number of aromatic amines is 1. The number of carbonyl (C=O) groups is 1. The van der Waals surface area contributed by atoms with E-state index in [1.165, 1.54) is 0 Å². The number of para-hydroxylation sites is 2. The maximum absolute atomic E-state index is 12.6. The second-order valence-corrected chi connectivity index (χ2v) is 6.58. The average molecular weight is 364 g/mol. The Balaban J connectivity index is 1.95. The van der Waals surface area contributed by atoms with Gasteiger partial charge in [-0.1, -0.05) is 43.3 Å². The topological polar surface area (TPSA) is 62.4 Å². The van der Waals surface area contributed by atoms with Gasteiger partial charge in [-0.05, 0) is 30.0 Å². The van der Waals surface area contributed by atoms with Crippen molar-refractivity contribution >= 4 is 16.8 Å². The number of nitrogens with one attached hydrogen (secondary N) is 1. The van der Waals surface area contributed by atoms with Crippen molar-refractivity contribution < 1.29 is 9.53 Å². The molecule has 140 valence electrons. The third-order valence-corrected chi connectivity index (χ3v) is 4.74. The Morgan fingerprint density at radius 3 is 2.56 bits per heavy atom. The van der Waals surface area contributed by atoms with E-state index in [0.717, 1.165) is 27.8 Å². The monoisotopic (exact) mass is 364 g/mol. The Morgan fingerprint density at radius 1 is 1.07 bits per heavy atom. The molecular formula is C22H24N2O3. The highest BCUT2D eigenvalue weighted by atomic mass is 16.5. The van der Waals surface area contributed by atoms with E-state index in [2.05, 4.69) is 4.98 Å². The lowest BCUT2D eigenvalue weighted by atomic mass is 10.1. The number of hydrogen-bond acceptors (Lipinski definition) is 3. The van der Waals surface area contributed by atoms with Crippen LogP contribution in [0, 0.1) is 6.92 Å². The molecule has 1 N–H and O–H groups in total. The van der Waals surface area contributed by atoms with E-state index >= 15 is 0 Å². The number of H-pyrrole nitrogens is 1. The van der Waals surface area contributed by atoms with E-state index in [9.17, 15) is 9.59 Å². The number of aryl methyl sites for hydroxylation is 1. The number of nitrogens with zero attached hydrogens (tertiary/aromatic N) is 1. The summed E-state index contributed by atoms with van der Waals surface area (Å²) in [6, 6.07) is 15.4. The highest BCUT2D eigenvalue weighted by Gasteiger charge is 2.17. The summed E-state index contributed by atoms with van der Waals surface area (Å²) in [7, 11) is 1.61. The Bertz CT molecular complexity index is 1020. The van der Waals surface area contributed by atoms with Crippen molar-refractivity contribution in [1.82, 2.24) is 9.88 Å². The van der Waals surface area contributed by atoms with Gasteiger partial charge in [0.25, 0.3) is 5.56 Å². The van der Waals surface area contributed by atoms with Gasteiger partial charge in [0.05, 0.1) is 19.2 Å². The van der Waals surface area contributed by atoms with E-state index in [4.69, 9.17) is 4.74 Å². The van der Waals surface area contributed by atoms with Gasteiger partial charge in [-0.15, -0.1) is 0 Å². The number of hydrogen-bond donors (Lipinski definition) is 1. The highest BCUT2D eigenvalue weighted by molar-refractivity contribution is 5.82. The molecule has 1 aromatic heterocycles.